The van der Waals surface area contributed by atoms with E-state index in [2.05, 4.69) is 20.8 Å². The van der Waals surface area contributed by atoms with E-state index < -0.39 is 0 Å². The molecule has 1 saturated heterocycles. The maximum absolute atomic E-state index is 5.68. The van der Waals surface area contributed by atoms with Gasteiger partial charge in [-0.2, -0.15) is 0 Å². The Morgan fingerprint density at radius 3 is 2.69 bits per heavy atom. The summed E-state index contributed by atoms with van der Waals surface area (Å²) in [6.07, 6.45) is 2.83. The molecule has 2 bridgehead atoms. The molecule has 13 heavy (non-hydrogen) atoms. The SMILES string of the molecule is CC1(C)[C@H]2C[C@H]1[C@]1(C)O[B]O[C@@H]1C2. The molecule has 4 rings (SSSR count). The normalized spacial score (nSPS) is 56.4. The third-order valence-corrected chi connectivity index (χ3v) is 4.82. The van der Waals surface area contributed by atoms with Crippen LogP contribution in [-0.4, -0.2) is 19.4 Å². The predicted octanol–water partition coefficient (Wildman–Crippen LogP) is 1.76. The fourth-order valence-electron chi connectivity index (χ4n) is 3.65. The van der Waals surface area contributed by atoms with E-state index >= 15 is 0 Å². The highest BCUT2D eigenvalue weighted by molar-refractivity contribution is 6.19. The number of rotatable bonds is 0. The van der Waals surface area contributed by atoms with Crippen molar-refractivity contribution in [3.05, 3.63) is 0 Å². The summed E-state index contributed by atoms with van der Waals surface area (Å²) in [7, 11) is 1.56. The highest BCUT2D eigenvalue weighted by Gasteiger charge is 2.65. The molecule has 0 aromatic heterocycles. The Morgan fingerprint density at radius 1 is 1.23 bits per heavy atom. The molecule has 0 amide bonds. The second-order valence-corrected chi connectivity index (χ2v) is 5.56. The first-order valence-corrected chi connectivity index (χ1v) is 5.20. The third kappa shape index (κ3) is 0.786. The lowest BCUT2D eigenvalue weighted by Gasteiger charge is -2.64. The van der Waals surface area contributed by atoms with Gasteiger partial charge in [0.05, 0.1) is 11.7 Å². The van der Waals surface area contributed by atoms with E-state index in [-0.39, 0.29) is 5.60 Å². The topological polar surface area (TPSA) is 18.5 Å². The summed E-state index contributed by atoms with van der Waals surface area (Å²) in [5, 5.41) is 0. The highest BCUT2D eigenvalue weighted by Crippen LogP contribution is 2.65. The van der Waals surface area contributed by atoms with Gasteiger partial charge in [0, 0.05) is 0 Å². The summed E-state index contributed by atoms with van der Waals surface area (Å²) in [5.41, 5.74) is 0.436. The maximum atomic E-state index is 5.68. The van der Waals surface area contributed by atoms with E-state index in [0.29, 0.717) is 17.4 Å². The van der Waals surface area contributed by atoms with Gasteiger partial charge in [0.15, 0.2) is 0 Å². The summed E-state index contributed by atoms with van der Waals surface area (Å²) in [6, 6.07) is 0. The van der Waals surface area contributed by atoms with E-state index in [1.165, 1.54) is 12.8 Å². The van der Waals surface area contributed by atoms with Crippen molar-refractivity contribution in [1.29, 1.82) is 0 Å². The minimum Gasteiger partial charge on any atom is -0.407 e. The Kier molecular flexibility index (Phi) is 1.37. The average molecular weight is 179 g/mol. The molecule has 0 unspecified atom stereocenters. The lowest BCUT2D eigenvalue weighted by Crippen LogP contribution is -2.65. The zero-order chi connectivity index (χ0) is 9.27. The van der Waals surface area contributed by atoms with Gasteiger partial charge in [0.25, 0.3) is 0 Å². The molecule has 0 aromatic rings. The van der Waals surface area contributed by atoms with E-state index in [9.17, 15) is 0 Å². The molecular weight excluding hydrogens is 163 g/mol. The summed E-state index contributed by atoms with van der Waals surface area (Å²) >= 11 is 0. The second-order valence-electron chi connectivity index (χ2n) is 5.56. The van der Waals surface area contributed by atoms with Crippen LogP contribution in [0.15, 0.2) is 0 Å². The fraction of sp³-hybridized carbons (Fsp3) is 1.00. The van der Waals surface area contributed by atoms with Crippen LogP contribution < -0.4 is 0 Å². The van der Waals surface area contributed by atoms with Gasteiger partial charge < -0.3 is 9.31 Å². The summed E-state index contributed by atoms with van der Waals surface area (Å²) in [6.45, 7) is 6.95. The van der Waals surface area contributed by atoms with E-state index in [1.807, 2.05) is 0 Å². The van der Waals surface area contributed by atoms with Crippen LogP contribution in [0.25, 0.3) is 0 Å². The first-order chi connectivity index (χ1) is 6.05. The van der Waals surface area contributed by atoms with Gasteiger partial charge in [-0.1, -0.05) is 13.8 Å². The van der Waals surface area contributed by atoms with Crippen molar-refractivity contribution in [2.75, 3.05) is 0 Å². The van der Waals surface area contributed by atoms with E-state index in [0.717, 1.165) is 5.92 Å². The van der Waals surface area contributed by atoms with Crippen molar-refractivity contribution in [2.45, 2.75) is 45.3 Å². The number of hydrogen-bond acceptors (Lipinski definition) is 2. The summed E-state index contributed by atoms with van der Waals surface area (Å²) in [5.74, 6) is 1.54. The first kappa shape index (κ1) is 8.31. The first-order valence-electron chi connectivity index (χ1n) is 5.20. The Labute approximate surface area is 80.3 Å². The third-order valence-electron chi connectivity index (χ3n) is 4.82. The van der Waals surface area contributed by atoms with Crippen molar-refractivity contribution in [2.24, 2.45) is 17.3 Å². The van der Waals surface area contributed by atoms with Crippen LogP contribution in [0.4, 0.5) is 0 Å². The molecule has 2 nitrogen and oxygen atoms in total. The molecule has 4 aliphatic rings. The average Bonchev–Trinajstić information content (AvgIpc) is 2.44. The number of hydrogen-bond donors (Lipinski definition) is 0. The van der Waals surface area contributed by atoms with Crippen LogP contribution in [0.2, 0.25) is 0 Å². The molecule has 0 spiro atoms. The molecule has 0 N–H and O–H groups in total. The Morgan fingerprint density at radius 2 is 2.00 bits per heavy atom. The summed E-state index contributed by atoms with van der Waals surface area (Å²) in [4.78, 5) is 0. The Hall–Kier alpha value is -0.0151. The largest absolute Gasteiger partial charge is 0.488 e. The molecule has 4 atom stereocenters. The van der Waals surface area contributed by atoms with Crippen molar-refractivity contribution < 1.29 is 9.31 Å². The van der Waals surface area contributed by atoms with Crippen LogP contribution in [0.3, 0.4) is 0 Å². The van der Waals surface area contributed by atoms with Crippen LogP contribution in [0, 0.1) is 17.3 Å². The van der Waals surface area contributed by atoms with E-state index in [4.69, 9.17) is 9.31 Å². The molecule has 1 radical (unpaired) electrons. The molecule has 71 valence electrons. The van der Waals surface area contributed by atoms with Crippen LogP contribution >= 0.6 is 0 Å². The standard InChI is InChI=1S/C10H16BO2/c1-9(2)6-4-7(9)10(3)8(5-6)12-11-13-10/h6-8H,4-5H2,1-3H3/t6-,7+,8+,10-/m0/s1. The molecule has 1 aliphatic heterocycles. The van der Waals surface area contributed by atoms with Crippen LogP contribution in [-0.2, 0) is 9.31 Å². The molecule has 4 fully saturated rings. The summed E-state index contributed by atoms with van der Waals surface area (Å²) < 4.78 is 11.2. The molecule has 3 aliphatic carbocycles. The zero-order valence-electron chi connectivity index (χ0n) is 8.54. The van der Waals surface area contributed by atoms with Crippen molar-refractivity contribution in [3.8, 4) is 0 Å². The zero-order valence-corrected chi connectivity index (χ0v) is 8.54. The fourth-order valence-corrected chi connectivity index (χ4v) is 3.65. The second kappa shape index (κ2) is 2.14. The van der Waals surface area contributed by atoms with Gasteiger partial charge in [-0.25, -0.2) is 0 Å². The quantitative estimate of drug-likeness (QED) is 0.527. The van der Waals surface area contributed by atoms with Crippen LogP contribution in [0.5, 0.6) is 0 Å². The van der Waals surface area contributed by atoms with Gasteiger partial charge in [-0.15, -0.1) is 0 Å². The maximum Gasteiger partial charge on any atom is 0.488 e. The minimum atomic E-state index is -0.0295. The van der Waals surface area contributed by atoms with Crippen molar-refractivity contribution in [1.82, 2.24) is 0 Å². The molecule has 1 heterocycles. The van der Waals surface area contributed by atoms with Gasteiger partial charge in [0.1, 0.15) is 0 Å². The molecular formula is C10H16BO2. The predicted molar refractivity (Wildman–Crippen MR) is 50.1 cm³/mol. The molecule has 0 aromatic carbocycles. The lowest BCUT2D eigenvalue weighted by atomic mass is 9.43. The Bertz CT molecular complexity index is 253. The monoisotopic (exact) mass is 179 g/mol. The van der Waals surface area contributed by atoms with Gasteiger partial charge in [0.2, 0.25) is 0 Å². The van der Waals surface area contributed by atoms with Gasteiger partial charge in [-0.05, 0) is 37.0 Å². The Balaban J connectivity index is 1.97. The lowest BCUT2D eigenvalue weighted by molar-refractivity contribution is -0.199. The van der Waals surface area contributed by atoms with Gasteiger partial charge in [-0.3, -0.25) is 0 Å². The van der Waals surface area contributed by atoms with Crippen LogP contribution in [0.1, 0.15) is 33.6 Å². The smallest absolute Gasteiger partial charge is 0.407 e. The highest BCUT2D eigenvalue weighted by atomic mass is 16.6. The van der Waals surface area contributed by atoms with Crippen molar-refractivity contribution in [3.63, 3.8) is 0 Å². The molecule has 3 saturated carbocycles. The minimum absolute atomic E-state index is 0.0295. The van der Waals surface area contributed by atoms with Crippen molar-refractivity contribution >= 4 is 7.69 Å². The van der Waals surface area contributed by atoms with Gasteiger partial charge >= 0.3 is 7.69 Å². The van der Waals surface area contributed by atoms with E-state index in [1.54, 1.807) is 7.69 Å². The molecule has 3 heteroatoms.